The van der Waals surface area contributed by atoms with E-state index in [-0.39, 0.29) is 54.5 Å². The predicted octanol–water partition coefficient (Wildman–Crippen LogP) is 3.34. The van der Waals surface area contributed by atoms with Gasteiger partial charge in [-0.15, -0.1) is 0 Å². The van der Waals surface area contributed by atoms with Crippen molar-refractivity contribution in [3.05, 3.63) is 35.9 Å². The Bertz CT molecular complexity index is 1350. The van der Waals surface area contributed by atoms with Crippen molar-refractivity contribution in [3.8, 4) is 0 Å². The molecule has 2 aliphatic carbocycles. The summed E-state index contributed by atoms with van der Waals surface area (Å²) in [6.07, 6.45) is 4.65. The minimum absolute atomic E-state index is 0.0337. The van der Waals surface area contributed by atoms with Gasteiger partial charge in [0.15, 0.2) is 0 Å². The third kappa shape index (κ3) is 8.93. The molecular weight excluding hydrogens is 614 g/mol. The van der Waals surface area contributed by atoms with Gasteiger partial charge in [0.2, 0.25) is 17.6 Å². The van der Waals surface area contributed by atoms with Crippen LogP contribution in [0.25, 0.3) is 0 Å². The van der Waals surface area contributed by atoms with Crippen molar-refractivity contribution in [2.75, 3.05) is 19.6 Å². The molecule has 5 amide bonds. The van der Waals surface area contributed by atoms with Crippen LogP contribution in [-0.2, 0) is 23.9 Å². The maximum atomic E-state index is 14.3. The Balaban J connectivity index is 1.43. The molecule has 12 heteroatoms. The summed E-state index contributed by atoms with van der Waals surface area (Å²) in [5.41, 5.74) is -0.435. The highest BCUT2D eigenvalue weighted by molar-refractivity contribution is 6.38. The zero-order valence-electron chi connectivity index (χ0n) is 29.2. The van der Waals surface area contributed by atoms with E-state index in [0.29, 0.717) is 18.5 Å². The van der Waals surface area contributed by atoms with Crippen LogP contribution in [-0.4, -0.2) is 83.8 Å². The molecular formula is C36H53N5O7. The Morgan fingerprint density at radius 1 is 0.938 bits per heavy atom. The number of alkyl carbamates (subject to hydrolysis) is 1. The number of rotatable bonds is 13. The third-order valence-corrected chi connectivity index (χ3v) is 9.99. The van der Waals surface area contributed by atoms with Gasteiger partial charge in [0.05, 0.1) is 6.04 Å². The molecule has 2 saturated carbocycles. The van der Waals surface area contributed by atoms with Gasteiger partial charge < -0.3 is 30.9 Å². The van der Waals surface area contributed by atoms with Gasteiger partial charge in [0, 0.05) is 25.2 Å². The van der Waals surface area contributed by atoms with Crippen LogP contribution in [0.2, 0.25) is 0 Å². The summed E-state index contributed by atoms with van der Waals surface area (Å²) < 4.78 is 5.51. The molecule has 48 heavy (non-hydrogen) atoms. The van der Waals surface area contributed by atoms with E-state index in [1.165, 1.54) is 0 Å². The van der Waals surface area contributed by atoms with Crippen LogP contribution in [0.15, 0.2) is 30.3 Å². The number of ether oxygens (including phenoxy) is 1. The maximum absolute atomic E-state index is 14.3. The van der Waals surface area contributed by atoms with Crippen molar-refractivity contribution in [2.24, 2.45) is 23.2 Å². The lowest BCUT2D eigenvalue weighted by molar-refractivity contribution is -0.145. The number of Topliss-reactive ketones (excluding diaryl/α,β-unsaturated/α-hetero) is 1. The van der Waals surface area contributed by atoms with Gasteiger partial charge in [-0.25, -0.2) is 4.79 Å². The van der Waals surface area contributed by atoms with Gasteiger partial charge in [-0.1, -0.05) is 64.7 Å². The second-order valence-corrected chi connectivity index (χ2v) is 15.0. The van der Waals surface area contributed by atoms with E-state index in [4.69, 9.17) is 4.74 Å². The molecule has 4 rings (SSSR count). The first-order valence-electron chi connectivity index (χ1n) is 17.4. The largest absolute Gasteiger partial charge is 0.444 e. The summed E-state index contributed by atoms with van der Waals surface area (Å²) in [7, 11) is 0. The number of ketones is 1. The number of hydrogen-bond donors (Lipinski definition) is 4. The van der Waals surface area contributed by atoms with Crippen molar-refractivity contribution in [3.63, 3.8) is 0 Å². The van der Waals surface area contributed by atoms with E-state index in [0.717, 1.165) is 32.1 Å². The monoisotopic (exact) mass is 667 g/mol. The highest BCUT2D eigenvalue weighted by Crippen LogP contribution is 2.65. The van der Waals surface area contributed by atoms with Gasteiger partial charge in [-0.3, -0.25) is 24.0 Å². The second kappa shape index (κ2) is 15.5. The minimum atomic E-state index is -1.08. The summed E-state index contributed by atoms with van der Waals surface area (Å²) in [6, 6.07) is 5.90. The van der Waals surface area contributed by atoms with Crippen molar-refractivity contribution in [1.82, 2.24) is 26.2 Å². The molecule has 0 radical (unpaired) electrons. The van der Waals surface area contributed by atoms with E-state index >= 15 is 0 Å². The molecule has 5 atom stereocenters. The molecule has 1 heterocycles. The van der Waals surface area contributed by atoms with Crippen molar-refractivity contribution in [2.45, 2.75) is 110 Å². The van der Waals surface area contributed by atoms with Crippen LogP contribution in [0, 0.1) is 23.2 Å². The molecule has 1 unspecified atom stereocenters. The zero-order chi connectivity index (χ0) is 35.2. The van der Waals surface area contributed by atoms with Crippen LogP contribution < -0.4 is 21.3 Å². The Morgan fingerprint density at radius 2 is 1.58 bits per heavy atom. The number of benzene rings is 1. The van der Waals surface area contributed by atoms with Crippen LogP contribution in [0.1, 0.15) is 96.8 Å². The number of piperidine rings is 1. The van der Waals surface area contributed by atoms with Gasteiger partial charge in [0.1, 0.15) is 17.7 Å². The fraction of sp³-hybridized carbons (Fsp3) is 0.667. The van der Waals surface area contributed by atoms with Gasteiger partial charge in [-0.05, 0) is 75.3 Å². The number of likely N-dealkylation sites (tertiary alicyclic amines) is 1. The lowest BCUT2D eigenvalue weighted by Gasteiger charge is -2.37. The number of carbonyl (C=O) groups is 6. The van der Waals surface area contributed by atoms with E-state index in [9.17, 15) is 28.8 Å². The average Bonchev–Trinajstić information content (AvgIpc) is 3.34. The summed E-state index contributed by atoms with van der Waals surface area (Å²) >= 11 is 0. The summed E-state index contributed by atoms with van der Waals surface area (Å²) in [4.78, 5) is 81.2. The number of fused-ring (bicyclic) bond motifs is 1. The van der Waals surface area contributed by atoms with Crippen molar-refractivity contribution in [1.29, 1.82) is 0 Å². The van der Waals surface area contributed by atoms with Gasteiger partial charge in [0.25, 0.3) is 11.8 Å². The number of carbonyl (C=O) groups excluding carboxylic acids is 6. The number of hydrogen-bond acceptors (Lipinski definition) is 7. The molecule has 1 aromatic rings. The molecule has 0 spiro atoms. The van der Waals surface area contributed by atoms with Crippen molar-refractivity contribution >= 4 is 35.5 Å². The molecule has 264 valence electrons. The Labute approximate surface area is 283 Å². The lowest BCUT2D eigenvalue weighted by Crippen LogP contribution is -2.60. The third-order valence-electron chi connectivity index (χ3n) is 9.99. The summed E-state index contributed by atoms with van der Waals surface area (Å²) in [5.74, 6) is -2.83. The molecule has 3 fully saturated rings. The maximum Gasteiger partial charge on any atom is 0.408 e. The first-order valence-corrected chi connectivity index (χ1v) is 17.4. The van der Waals surface area contributed by atoms with Gasteiger partial charge >= 0.3 is 6.09 Å². The van der Waals surface area contributed by atoms with Crippen LogP contribution in [0.5, 0.6) is 0 Å². The second-order valence-electron chi connectivity index (χ2n) is 15.0. The lowest BCUT2D eigenvalue weighted by atomic mass is 9.83. The van der Waals surface area contributed by atoms with Crippen LogP contribution in [0.4, 0.5) is 4.79 Å². The van der Waals surface area contributed by atoms with E-state index in [1.54, 1.807) is 56.0 Å². The number of amides is 5. The van der Waals surface area contributed by atoms with E-state index in [1.807, 2.05) is 6.92 Å². The first kappa shape index (κ1) is 36.9. The normalized spacial score (nSPS) is 22.8. The molecule has 1 aromatic carbocycles. The van der Waals surface area contributed by atoms with Crippen LogP contribution in [0.3, 0.4) is 0 Å². The molecule has 3 aliphatic rings. The smallest absolute Gasteiger partial charge is 0.408 e. The molecule has 4 N–H and O–H groups in total. The number of nitrogens with zero attached hydrogens (tertiary/aromatic N) is 1. The minimum Gasteiger partial charge on any atom is -0.444 e. The molecule has 1 aliphatic heterocycles. The average molecular weight is 668 g/mol. The standard InChI is InChI=1S/C36H53N5O7/c1-7-14-25(29(42)32(45)38-20-19-37-30(43)23-17-12-9-13-18-23)39-31(44)28-26-24(36(26,5)6)21-41(28)33(46)27(22-15-10-8-11-16-22)40-34(47)48-35(2,3)4/h9,12-13,17-18,22,24-28H,7-8,10-11,14-16,19-21H2,1-6H3,(H,37,43)(H,38,45)(H,39,44)(H,40,47)/t24-,25?,26-,27-,28-/m0/s1. The number of nitrogens with one attached hydrogen (secondary N) is 4. The highest BCUT2D eigenvalue weighted by atomic mass is 16.6. The molecule has 1 saturated heterocycles. The van der Waals surface area contributed by atoms with Crippen molar-refractivity contribution < 1.29 is 33.5 Å². The fourth-order valence-corrected chi connectivity index (χ4v) is 7.38. The SMILES string of the molecule is CCCC(NC(=O)[C@@H]1[C@@H]2[C@H](CN1C(=O)[C@@H](NC(=O)OC(C)(C)C)C1CCCCC1)C2(C)C)C(=O)C(=O)NCCNC(=O)c1ccccc1. The zero-order valence-corrected chi connectivity index (χ0v) is 29.2. The topological polar surface area (TPSA) is 163 Å². The first-order chi connectivity index (χ1) is 22.7. The summed E-state index contributed by atoms with van der Waals surface area (Å²) in [6.45, 7) is 11.8. The molecule has 0 aromatic heterocycles. The fourth-order valence-electron chi connectivity index (χ4n) is 7.38. The predicted molar refractivity (Wildman–Crippen MR) is 180 cm³/mol. The Morgan fingerprint density at radius 3 is 2.21 bits per heavy atom. The Hall–Kier alpha value is -3.96. The quantitative estimate of drug-likeness (QED) is 0.185. The van der Waals surface area contributed by atoms with Gasteiger partial charge in [-0.2, -0.15) is 0 Å². The highest BCUT2D eigenvalue weighted by Gasteiger charge is 2.69. The summed E-state index contributed by atoms with van der Waals surface area (Å²) in [5, 5.41) is 10.9. The van der Waals surface area contributed by atoms with E-state index in [2.05, 4.69) is 35.1 Å². The van der Waals surface area contributed by atoms with E-state index < -0.39 is 47.4 Å². The Kier molecular flexibility index (Phi) is 11.9. The molecule has 0 bridgehead atoms. The van der Waals surface area contributed by atoms with Crippen LogP contribution >= 0.6 is 0 Å². The molecule has 12 nitrogen and oxygen atoms in total.